The van der Waals surface area contributed by atoms with Gasteiger partial charge in [-0.25, -0.2) is 0 Å². The molecule has 7 heteroatoms. The molecule has 0 aliphatic carbocycles. The van der Waals surface area contributed by atoms with E-state index in [2.05, 4.69) is 29.4 Å². The van der Waals surface area contributed by atoms with Gasteiger partial charge < -0.3 is 25.0 Å². The number of aliphatic hydroxyl groups is 1. The van der Waals surface area contributed by atoms with E-state index in [0.29, 0.717) is 36.7 Å². The number of nitrogens with one attached hydrogen (secondary N) is 2. The standard InChI is InChI=1S/C21H29N3O3S/c1-14-9-15(2)19-16(10-14)11-17(20(26)23-19)13-24(6-4-7-25)21(28)22-12-18-5-3-8-27-18/h9-11,18,25H,3-8,12-13H2,1-2H3,(H,22,28)(H,23,26)/t18-/m0/s1. The van der Waals surface area contributed by atoms with Crippen LogP contribution in [0.15, 0.2) is 23.0 Å². The van der Waals surface area contributed by atoms with Gasteiger partial charge in [0.05, 0.1) is 18.2 Å². The van der Waals surface area contributed by atoms with Crippen molar-refractivity contribution in [2.24, 2.45) is 0 Å². The van der Waals surface area contributed by atoms with Gasteiger partial charge in [0.25, 0.3) is 5.56 Å². The molecule has 3 rings (SSSR count). The molecule has 1 aromatic heterocycles. The van der Waals surface area contributed by atoms with E-state index in [1.54, 1.807) is 0 Å². The summed E-state index contributed by atoms with van der Waals surface area (Å²) < 4.78 is 5.64. The Kier molecular flexibility index (Phi) is 7.04. The number of aryl methyl sites for hydroxylation is 2. The quantitative estimate of drug-likeness (QED) is 0.616. The molecule has 0 bridgehead atoms. The summed E-state index contributed by atoms with van der Waals surface area (Å²) in [4.78, 5) is 17.6. The van der Waals surface area contributed by atoms with Crippen molar-refractivity contribution in [3.05, 3.63) is 45.2 Å². The van der Waals surface area contributed by atoms with Gasteiger partial charge in [0.15, 0.2) is 5.11 Å². The number of nitrogens with zero attached hydrogens (tertiary/aromatic N) is 1. The highest BCUT2D eigenvalue weighted by molar-refractivity contribution is 7.80. The average Bonchev–Trinajstić information content (AvgIpc) is 3.17. The van der Waals surface area contributed by atoms with Gasteiger partial charge in [-0.15, -0.1) is 0 Å². The molecule has 1 atom stereocenters. The van der Waals surface area contributed by atoms with Gasteiger partial charge in [0, 0.05) is 31.9 Å². The molecule has 0 amide bonds. The lowest BCUT2D eigenvalue weighted by Crippen LogP contribution is -2.43. The summed E-state index contributed by atoms with van der Waals surface area (Å²) in [5.74, 6) is 0. The lowest BCUT2D eigenvalue weighted by atomic mass is 10.1. The van der Waals surface area contributed by atoms with Gasteiger partial charge in [0.2, 0.25) is 0 Å². The Labute approximate surface area is 170 Å². The maximum atomic E-state index is 12.7. The molecule has 0 saturated carbocycles. The Hall–Kier alpha value is -1.96. The van der Waals surface area contributed by atoms with Crippen molar-refractivity contribution in [2.45, 2.75) is 45.8 Å². The van der Waals surface area contributed by atoms with Crippen molar-refractivity contribution in [3.8, 4) is 0 Å². The minimum atomic E-state index is -0.102. The highest BCUT2D eigenvalue weighted by Crippen LogP contribution is 2.18. The Morgan fingerprint density at radius 3 is 2.93 bits per heavy atom. The van der Waals surface area contributed by atoms with Gasteiger partial charge in [0.1, 0.15) is 0 Å². The number of aromatic amines is 1. The molecule has 3 N–H and O–H groups in total. The number of hydrogen-bond acceptors (Lipinski definition) is 4. The van der Waals surface area contributed by atoms with Crippen LogP contribution in [0.4, 0.5) is 0 Å². The van der Waals surface area contributed by atoms with Gasteiger partial charge in [-0.3, -0.25) is 4.79 Å². The lowest BCUT2D eigenvalue weighted by molar-refractivity contribution is 0.113. The minimum Gasteiger partial charge on any atom is -0.396 e. The second-order valence-corrected chi connectivity index (χ2v) is 7.88. The fourth-order valence-corrected chi connectivity index (χ4v) is 3.93. The van der Waals surface area contributed by atoms with Crippen LogP contribution in [0.25, 0.3) is 10.9 Å². The normalized spacial score (nSPS) is 16.5. The van der Waals surface area contributed by atoms with E-state index in [1.165, 1.54) is 0 Å². The van der Waals surface area contributed by atoms with E-state index in [-0.39, 0.29) is 18.3 Å². The third-order valence-electron chi connectivity index (χ3n) is 5.11. The molecule has 1 saturated heterocycles. The maximum absolute atomic E-state index is 12.7. The van der Waals surface area contributed by atoms with E-state index in [0.717, 1.165) is 41.5 Å². The number of fused-ring (bicyclic) bond motifs is 1. The van der Waals surface area contributed by atoms with E-state index >= 15 is 0 Å². The predicted molar refractivity (Wildman–Crippen MR) is 116 cm³/mol. The summed E-state index contributed by atoms with van der Waals surface area (Å²) in [7, 11) is 0. The molecular weight excluding hydrogens is 374 g/mol. The van der Waals surface area contributed by atoms with Crippen LogP contribution < -0.4 is 10.9 Å². The average molecular weight is 404 g/mol. The van der Waals surface area contributed by atoms with Crippen molar-refractivity contribution >= 4 is 28.2 Å². The van der Waals surface area contributed by atoms with Crippen molar-refractivity contribution in [2.75, 3.05) is 26.3 Å². The summed E-state index contributed by atoms with van der Waals surface area (Å²) in [6.45, 7) is 6.59. The summed E-state index contributed by atoms with van der Waals surface area (Å²) in [6, 6.07) is 6.09. The molecular formula is C21H29N3O3S. The molecule has 0 unspecified atom stereocenters. The van der Waals surface area contributed by atoms with Crippen LogP contribution in [0, 0.1) is 13.8 Å². The highest BCUT2D eigenvalue weighted by Gasteiger charge is 2.18. The first kappa shape index (κ1) is 20.8. The molecule has 6 nitrogen and oxygen atoms in total. The van der Waals surface area contributed by atoms with Gasteiger partial charge in [-0.05, 0) is 68.4 Å². The fraction of sp³-hybridized carbons (Fsp3) is 0.524. The van der Waals surface area contributed by atoms with E-state index in [9.17, 15) is 9.90 Å². The molecule has 2 heterocycles. The first-order chi connectivity index (χ1) is 13.5. The van der Waals surface area contributed by atoms with Gasteiger partial charge >= 0.3 is 0 Å². The molecule has 152 valence electrons. The second-order valence-electron chi connectivity index (χ2n) is 7.49. The molecule has 1 aromatic carbocycles. The number of aliphatic hydroxyl groups excluding tert-OH is 1. The largest absolute Gasteiger partial charge is 0.396 e. The predicted octanol–water partition coefficient (Wildman–Crippen LogP) is 2.38. The molecule has 28 heavy (non-hydrogen) atoms. The number of rotatable bonds is 7. The van der Waals surface area contributed by atoms with Crippen molar-refractivity contribution < 1.29 is 9.84 Å². The van der Waals surface area contributed by atoms with Crippen LogP contribution >= 0.6 is 12.2 Å². The van der Waals surface area contributed by atoms with Crippen LogP contribution in [-0.4, -0.2) is 52.5 Å². The lowest BCUT2D eigenvalue weighted by Gasteiger charge is -2.26. The fourth-order valence-electron chi connectivity index (χ4n) is 3.69. The van der Waals surface area contributed by atoms with Gasteiger partial charge in [-0.2, -0.15) is 0 Å². The van der Waals surface area contributed by atoms with Crippen molar-refractivity contribution in [3.63, 3.8) is 0 Å². The van der Waals surface area contributed by atoms with E-state index < -0.39 is 0 Å². The zero-order valence-corrected chi connectivity index (χ0v) is 17.4. The second kappa shape index (κ2) is 9.49. The summed E-state index contributed by atoms with van der Waals surface area (Å²) in [6.07, 6.45) is 2.90. The number of benzene rings is 1. The van der Waals surface area contributed by atoms with E-state index in [1.807, 2.05) is 17.9 Å². The van der Waals surface area contributed by atoms with Crippen LogP contribution in [0.1, 0.15) is 36.0 Å². The first-order valence-electron chi connectivity index (χ1n) is 9.86. The van der Waals surface area contributed by atoms with Gasteiger partial charge in [-0.1, -0.05) is 11.6 Å². The van der Waals surface area contributed by atoms with Crippen molar-refractivity contribution in [1.29, 1.82) is 0 Å². The SMILES string of the molecule is Cc1cc(C)c2[nH]c(=O)c(CN(CCCO)C(=S)NC[C@@H]3CCCO3)cc2c1. The Balaban J connectivity index is 1.78. The molecule has 1 fully saturated rings. The number of H-pyrrole nitrogens is 1. The summed E-state index contributed by atoms with van der Waals surface area (Å²) >= 11 is 5.57. The topological polar surface area (TPSA) is 77.6 Å². The number of aromatic nitrogens is 1. The smallest absolute Gasteiger partial charge is 0.253 e. The number of ether oxygens (including phenoxy) is 1. The van der Waals surface area contributed by atoms with Crippen molar-refractivity contribution in [1.82, 2.24) is 15.2 Å². The van der Waals surface area contributed by atoms with E-state index in [4.69, 9.17) is 17.0 Å². The Morgan fingerprint density at radius 2 is 2.21 bits per heavy atom. The molecule has 0 spiro atoms. The Morgan fingerprint density at radius 1 is 1.39 bits per heavy atom. The Bertz CT molecular complexity index is 890. The minimum absolute atomic E-state index is 0.0807. The summed E-state index contributed by atoms with van der Waals surface area (Å²) in [5.41, 5.74) is 3.66. The van der Waals surface area contributed by atoms with Crippen LogP contribution in [0.5, 0.6) is 0 Å². The third kappa shape index (κ3) is 5.10. The number of thiocarbonyl (C=S) groups is 1. The molecule has 1 aliphatic heterocycles. The molecule has 1 aliphatic rings. The third-order valence-corrected chi connectivity index (χ3v) is 5.51. The summed E-state index contributed by atoms with van der Waals surface area (Å²) in [5, 5.41) is 14.1. The van der Waals surface area contributed by atoms with Crippen LogP contribution in [0.2, 0.25) is 0 Å². The van der Waals surface area contributed by atoms with Crippen LogP contribution in [0.3, 0.4) is 0 Å². The zero-order valence-electron chi connectivity index (χ0n) is 16.6. The number of pyridine rings is 1. The number of hydrogen-bond donors (Lipinski definition) is 3. The zero-order chi connectivity index (χ0) is 20.1. The maximum Gasteiger partial charge on any atom is 0.253 e. The monoisotopic (exact) mass is 403 g/mol. The molecule has 0 radical (unpaired) electrons. The highest BCUT2D eigenvalue weighted by atomic mass is 32.1. The first-order valence-corrected chi connectivity index (χ1v) is 10.3. The van der Waals surface area contributed by atoms with Crippen LogP contribution in [-0.2, 0) is 11.3 Å². The molecule has 2 aromatic rings.